The number of methoxy groups -OCH3 is 1. The SMILES string of the molecule is CC.COC1=CC=C(C#Cc2ccc(C#Cc3ccc(C)cc3)cc2C2CCCC2)CC1. The van der Waals surface area contributed by atoms with Crippen molar-refractivity contribution in [1.29, 1.82) is 0 Å². The van der Waals surface area contributed by atoms with Crippen LogP contribution in [0.3, 0.4) is 0 Å². The monoisotopic (exact) mass is 422 g/mol. The molecule has 32 heavy (non-hydrogen) atoms. The summed E-state index contributed by atoms with van der Waals surface area (Å²) >= 11 is 0. The van der Waals surface area contributed by atoms with Crippen LogP contribution >= 0.6 is 0 Å². The van der Waals surface area contributed by atoms with E-state index in [-0.39, 0.29) is 0 Å². The molecule has 1 heteroatoms. The fourth-order valence-corrected chi connectivity index (χ4v) is 4.15. The summed E-state index contributed by atoms with van der Waals surface area (Å²) in [4.78, 5) is 0. The van der Waals surface area contributed by atoms with Crippen LogP contribution in [-0.2, 0) is 4.74 Å². The van der Waals surface area contributed by atoms with Crippen LogP contribution in [0.5, 0.6) is 0 Å². The van der Waals surface area contributed by atoms with E-state index in [4.69, 9.17) is 4.74 Å². The molecule has 0 radical (unpaired) electrons. The van der Waals surface area contributed by atoms with Gasteiger partial charge in [-0.3, -0.25) is 0 Å². The Balaban J connectivity index is 0.00000141. The van der Waals surface area contributed by atoms with Gasteiger partial charge in [-0.15, -0.1) is 0 Å². The molecule has 2 aliphatic carbocycles. The van der Waals surface area contributed by atoms with Crippen molar-refractivity contribution in [2.75, 3.05) is 7.11 Å². The largest absolute Gasteiger partial charge is 0.501 e. The lowest BCUT2D eigenvalue weighted by molar-refractivity contribution is 0.276. The van der Waals surface area contributed by atoms with E-state index < -0.39 is 0 Å². The Kier molecular flexibility index (Phi) is 8.83. The highest BCUT2D eigenvalue weighted by molar-refractivity contribution is 5.53. The molecule has 1 nitrogen and oxygen atoms in total. The predicted octanol–water partition coefficient (Wildman–Crippen LogP) is 7.68. The van der Waals surface area contributed by atoms with Gasteiger partial charge in [0.25, 0.3) is 0 Å². The maximum Gasteiger partial charge on any atom is 0.0959 e. The molecule has 2 aromatic rings. The molecule has 0 unspecified atom stereocenters. The van der Waals surface area contributed by atoms with E-state index in [0.29, 0.717) is 5.92 Å². The van der Waals surface area contributed by atoms with Gasteiger partial charge in [0.15, 0.2) is 0 Å². The summed E-state index contributed by atoms with van der Waals surface area (Å²) in [5.41, 5.74) is 7.10. The maximum absolute atomic E-state index is 5.32. The van der Waals surface area contributed by atoms with Gasteiger partial charge in [-0.05, 0) is 80.2 Å². The predicted molar refractivity (Wildman–Crippen MR) is 135 cm³/mol. The zero-order valence-corrected chi connectivity index (χ0v) is 19.9. The normalized spacial score (nSPS) is 15.1. The Hall–Kier alpha value is -3.16. The van der Waals surface area contributed by atoms with Crippen LogP contribution in [0, 0.1) is 30.6 Å². The molecule has 0 spiro atoms. The summed E-state index contributed by atoms with van der Waals surface area (Å²) in [7, 11) is 1.73. The fourth-order valence-electron chi connectivity index (χ4n) is 4.15. The number of benzene rings is 2. The number of aryl methyl sites for hydroxylation is 1. The summed E-state index contributed by atoms with van der Waals surface area (Å²) < 4.78 is 5.32. The first kappa shape index (κ1) is 23.5. The van der Waals surface area contributed by atoms with Crippen LogP contribution in [0.25, 0.3) is 0 Å². The van der Waals surface area contributed by atoms with Crippen LogP contribution in [0.15, 0.2) is 65.9 Å². The number of hydrogen-bond donors (Lipinski definition) is 0. The van der Waals surface area contributed by atoms with Crippen LogP contribution in [-0.4, -0.2) is 7.11 Å². The zero-order chi connectivity index (χ0) is 22.8. The molecule has 0 N–H and O–H groups in total. The van der Waals surface area contributed by atoms with Crippen molar-refractivity contribution in [3.63, 3.8) is 0 Å². The highest BCUT2D eigenvalue weighted by Gasteiger charge is 2.19. The highest BCUT2D eigenvalue weighted by Crippen LogP contribution is 2.36. The molecular formula is C31H34O. The van der Waals surface area contributed by atoms with Gasteiger partial charge in [0.05, 0.1) is 12.9 Å². The summed E-state index contributed by atoms with van der Waals surface area (Å²) in [6, 6.07) is 14.9. The standard InChI is InChI=1S/C29H28O.C2H6/c1-22-7-9-23(10-8-22)11-12-25-14-18-27(29(21-25)26-5-3-4-6-26)17-13-24-15-19-28(30-2)20-16-24;1-2/h7-10,14-15,18-19,21,26H,3-6,16,20H2,1-2H3;1-2H3. The Morgan fingerprint density at radius 3 is 2.12 bits per heavy atom. The molecule has 0 aromatic heterocycles. The molecular weight excluding hydrogens is 388 g/mol. The molecule has 1 fully saturated rings. The zero-order valence-electron chi connectivity index (χ0n) is 19.9. The van der Waals surface area contributed by atoms with Crippen molar-refractivity contribution in [2.24, 2.45) is 0 Å². The quantitative estimate of drug-likeness (QED) is 0.451. The van der Waals surface area contributed by atoms with E-state index in [1.54, 1.807) is 7.11 Å². The number of ether oxygens (including phenoxy) is 1. The van der Waals surface area contributed by atoms with Crippen LogP contribution in [0.1, 0.15) is 86.1 Å². The van der Waals surface area contributed by atoms with Crippen molar-refractivity contribution in [1.82, 2.24) is 0 Å². The lowest BCUT2D eigenvalue weighted by Crippen LogP contribution is -1.98. The minimum absolute atomic E-state index is 0.607. The van der Waals surface area contributed by atoms with Crippen molar-refractivity contribution < 1.29 is 4.74 Å². The first-order valence-electron chi connectivity index (χ1n) is 11.9. The minimum Gasteiger partial charge on any atom is -0.501 e. The van der Waals surface area contributed by atoms with Gasteiger partial charge in [0, 0.05) is 28.7 Å². The summed E-state index contributed by atoms with van der Waals surface area (Å²) in [6.45, 7) is 6.10. The second-order valence-electron chi connectivity index (χ2n) is 8.18. The molecule has 0 saturated heterocycles. The third-order valence-corrected chi connectivity index (χ3v) is 5.98. The lowest BCUT2D eigenvalue weighted by atomic mass is 9.91. The highest BCUT2D eigenvalue weighted by atomic mass is 16.5. The second kappa shape index (κ2) is 12.0. The summed E-state index contributed by atoms with van der Waals surface area (Å²) in [5, 5.41) is 0. The molecule has 0 bridgehead atoms. The molecule has 0 heterocycles. The Labute approximate surface area is 194 Å². The van der Waals surface area contributed by atoms with E-state index in [9.17, 15) is 0 Å². The van der Waals surface area contributed by atoms with E-state index in [2.05, 4.69) is 79.1 Å². The van der Waals surface area contributed by atoms with Gasteiger partial charge in [0.2, 0.25) is 0 Å². The van der Waals surface area contributed by atoms with Crippen LogP contribution in [0.2, 0.25) is 0 Å². The average Bonchev–Trinajstić information content (AvgIpc) is 3.39. The van der Waals surface area contributed by atoms with Crippen LogP contribution in [0.4, 0.5) is 0 Å². The summed E-state index contributed by atoms with van der Waals surface area (Å²) in [6.07, 6.45) is 11.1. The lowest BCUT2D eigenvalue weighted by Gasteiger charge is -2.13. The minimum atomic E-state index is 0.607. The van der Waals surface area contributed by atoms with Crippen molar-refractivity contribution in [2.45, 2.75) is 65.2 Å². The topological polar surface area (TPSA) is 9.23 Å². The van der Waals surface area contributed by atoms with Gasteiger partial charge >= 0.3 is 0 Å². The molecule has 0 amide bonds. The molecule has 2 aliphatic rings. The molecule has 0 aliphatic heterocycles. The third kappa shape index (κ3) is 6.42. The average molecular weight is 423 g/mol. The van der Waals surface area contributed by atoms with E-state index >= 15 is 0 Å². The van der Waals surface area contributed by atoms with Gasteiger partial charge in [0.1, 0.15) is 0 Å². The van der Waals surface area contributed by atoms with Crippen molar-refractivity contribution in [3.05, 3.63) is 93.8 Å². The number of rotatable bonds is 2. The fraction of sp³-hybridized carbons (Fsp3) is 0.355. The van der Waals surface area contributed by atoms with Gasteiger partial charge in [-0.25, -0.2) is 0 Å². The first-order chi connectivity index (χ1) is 15.7. The van der Waals surface area contributed by atoms with Gasteiger partial charge < -0.3 is 4.74 Å². The van der Waals surface area contributed by atoms with E-state index in [1.807, 2.05) is 19.9 Å². The first-order valence-corrected chi connectivity index (χ1v) is 11.9. The second-order valence-corrected chi connectivity index (χ2v) is 8.18. The summed E-state index contributed by atoms with van der Waals surface area (Å²) in [5.74, 6) is 15.2. The Morgan fingerprint density at radius 1 is 0.781 bits per heavy atom. The molecule has 164 valence electrons. The third-order valence-electron chi connectivity index (χ3n) is 5.98. The van der Waals surface area contributed by atoms with E-state index in [0.717, 1.165) is 35.3 Å². The maximum atomic E-state index is 5.32. The van der Waals surface area contributed by atoms with Crippen molar-refractivity contribution in [3.8, 4) is 23.7 Å². The van der Waals surface area contributed by atoms with E-state index in [1.165, 1.54) is 42.4 Å². The molecule has 2 aromatic carbocycles. The smallest absolute Gasteiger partial charge is 0.0959 e. The van der Waals surface area contributed by atoms with Crippen LogP contribution < -0.4 is 0 Å². The van der Waals surface area contributed by atoms with Gasteiger partial charge in [-0.2, -0.15) is 0 Å². The molecule has 0 atom stereocenters. The molecule has 1 saturated carbocycles. The number of hydrogen-bond acceptors (Lipinski definition) is 1. The number of allylic oxidation sites excluding steroid dienone is 4. The van der Waals surface area contributed by atoms with Crippen molar-refractivity contribution >= 4 is 0 Å². The van der Waals surface area contributed by atoms with Gasteiger partial charge in [-0.1, -0.05) is 68.1 Å². The Bertz CT molecular complexity index is 1090. The molecule has 4 rings (SSSR count). The Morgan fingerprint density at radius 2 is 1.47 bits per heavy atom.